The molecule has 0 saturated carbocycles. The molecule has 0 N–H and O–H groups in total. The zero-order chi connectivity index (χ0) is 65.5. The number of pyridine rings is 4. The first-order valence-electron chi connectivity index (χ1n) is 33.2. The van der Waals surface area contributed by atoms with Crippen LogP contribution in [0.25, 0.3) is 165 Å². The molecule has 12 aromatic carbocycles. The van der Waals surface area contributed by atoms with E-state index in [4.69, 9.17) is 29.2 Å². The van der Waals surface area contributed by atoms with Crippen molar-refractivity contribution in [1.29, 1.82) is 0 Å². The molecule has 9 heterocycles. The second kappa shape index (κ2) is 22.3. The maximum Gasteiger partial charge on any atom is 0.494 e. The lowest BCUT2D eigenvalue weighted by molar-refractivity contribution is 0.00578. The Hall–Kier alpha value is -11.5. The molecule has 466 valence electrons. The first-order chi connectivity index (χ1) is 48.0. The lowest BCUT2D eigenvalue weighted by Crippen LogP contribution is -2.41. The summed E-state index contributed by atoms with van der Waals surface area (Å²) < 4.78 is 23.1. The van der Waals surface area contributed by atoms with Crippen molar-refractivity contribution in [3.63, 3.8) is 0 Å². The van der Waals surface area contributed by atoms with Crippen LogP contribution in [-0.4, -0.2) is 56.2 Å². The van der Waals surface area contributed by atoms with Crippen molar-refractivity contribution in [3.05, 3.63) is 296 Å². The minimum atomic E-state index is -0.430. The van der Waals surface area contributed by atoms with Gasteiger partial charge in [0.05, 0.1) is 77.4 Å². The molecule has 0 aliphatic carbocycles. The third-order valence-corrected chi connectivity index (χ3v) is 20.9. The first kappa shape index (κ1) is 57.9. The van der Waals surface area contributed by atoms with Crippen molar-refractivity contribution >= 4 is 171 Å². The Bertz CT molecular complexity index is 6660. The van der Waals surface area contributed by atoms with Crippen molar-refractivity contribution < 1.29 is 9.31 Å². The maximum atomic E-state index is 6.38. The Morgan fingerprint density at radius 2 is 0.765 bits per heavy atom. The molecule has 0 amide bonds. The maximum absolute atomic E-state index is 6.38. The minimum Gasteiger partial charge on any atom is -0.399 e. The standard InChI is InChI=1S/C40H24N4.C28H24BN3O2.C18H12BrN/c1-2-10-28(11-3-1)43-34-14-6-4-12-29(34)32-23-26(18-21-35(32)43)27-17-19-30-37(24-27)44-36-15-7-5-13-33(36)42-40(44)31-20-16-25-9-8-22-41-39(25)38(30)31;1-27(2)28(3,4)34-29(33-27)18-12-14-19-23(16-18)32-22-10-6-5-9-21(22)31-26(32)20-13-11-17-8-7-15-30-25(17)24(19)20;19-13-10-11-18-16(12-13)15-8-4-5-9-17(15)20(18)14-6-2-1-3-7-14/h1-24H;5-16H,1-4H3;1-12H. The Kier molecular flexibility index (Phi) is 13.2. The van der Waals surface area contributed by atoms with E-state index in [-0.39, 0.29) is 0 Å². The summed E-state index contributed by atoms with van der Waals surface area (Å²) in [6.07, 6.45) is 3.74. The Morgan fingerprint density at radius 3 is 1.32 bits per heavy atom. The van der Waals surface area contributed by atoms with Crippen LogP contribution in [0.4, 0.5) is 0 Å². The van der Waals surface area contributed by atoms with E-state index in [1.165, 1.54) is 71.5 Å². The number of imidazole rings is 2. The number of para-hydroxylation sites is 8. The second-order valence-electron chi connectivity index (χ2n) is 26.5. The molecule has 8 aromatic heterocycles. The summed E-state index contributed by atoms with van der Waals surface area (Å²) in [6.45, 7) is 8.34. The summed E-state index contributed by atoms with van der Waals surface area (Å²) in [7, 11) is -0.430. The minimum absolute atomic E-state index is 0.396. The molecule has 10 nitrogen and oxygen atoms in total. The van der Waals surface area contributed by atoms with Gasteiger partial charge in [-0.2, -0.15) is 0 Å². The van der Waals surface area contributed by atoms with Gasteiger partial charge in [-0.1, -0.05) is 168 Å². The van der Waals surface area contributed by atoms with Gasteiger partial charge in [0.2, 0.25) is 0 Å². The van der Waals surface area contributed by atoms with Crippen LogP contribution in [-0.2, 0) is 9.31 Å². The molecular weight excluding hydrogens is 1270 g/mol. The molecule has 1 aliphatic heterocycles. The van der Waals surface area contributed by atoms with E-state index in [1.54, 1.807) is 0 Å². The molecule has 20 aromatic rings. The Balaban J connectivity index is 0.000000110. The van der Waals surface area contributed by atoms with Crippen LogP contribution in [0, 0.1) is 0 Å². The first-order valence-corrected chi connectivity index (χ1v) is 34.0. The van der Waals surface area contributed by atoms with Gasteiger partial charge in [-0.25, -0.2) is 9.97 Å². The molecule has 0 unspecified atom stereocenters. The molecule has 0 radical (unpaired) electrons. The van der Waals surface area contributed by atoms with Crippen molar-refractivity contribution in [2.45, 2.75) is 38.9 Å². The number of halogens is 1. The van der Waals surface area contributed by atoms with Gasteiger partial charge in [0.25, 0.3) is 0 Å². The average molecular weight is 1330 g/mol. The van der Waals surface area contributed by atoms with Crippen LogP contribution < -0.4 is 5.46 Å². The van der Waals surface area contributed by atoms with Crippen LogP contribution in [0.5, 0.6) is 0 Å². The van der Waals surface area contributed by atoms with E-state index >= 15 is 0 Å². The van der Waals surface area contributed by atoms with E-state index in [2.05, 4.69) is 316 Å². The quantitative estimate of drug-likeness (QED) is 0.129. The topological polar surface area (TPSA) is 88.7 Å². The summed E-state index contributed by atoms with van der Waals surface area (Å²) >= 11 is 3.57. The number of hydrogen-bond donors (Lipinski definition) is 0. The Labute approximate surface area is 571 Å². The van der Waals surface area contributed by atoms with Gasteiger partial charge in [0, 0.05) is 92.9 Å². The van der Waals surface area contributed by atoms with Gasteiger partial charge in [-0.3, -0.25) is 18.8 Å². The molecule has 98 heavy (non-hydrogen) atoms. The third-order valence-electron chi connectivity index (χ3n) is 20.4. The fourth-order valence-electron chi connectivity index (χ4n) is 15.1. The highest BCUT2D eigenvalue weighted by molar-refractivity contribution is 9.10. The number of rotatable bonds is 4. The molecule has 0 bridgehead atoms. The number of aromatic nitrogens is 8. The third kappa shape index (κ3) is 9.02. The number of fused-ring (bicyclic) bond motifs is 26. The Morgan fingerprint density at radius 1 is 0.337 bits per heavy atom. The SMILES string of the molecule is Brc1ccc2c(c1)c1ccccc1n2-c1ccccc1.CC1(C)OB(c2ccc3c4c(ccc5cccnc54)c4nc5ccccc5n4c3c2)OC1(C)C.c1ccc(-n2c3ccccc3c3cc(-c4ccc5c6c(ccc7cccnc76)c6nc7ccccc7n6c5c4)ccc32)cc1. The van der Waals surface area contributed by atoms with Crippen molar-refractivity contribution in [2.75, 3.05) is 0 Å². The second-order valence-corrected chi connectivity index (χ2v) is 27.4. The van der Waals surface area contributed by atoms with Gasteiger partial charge in [0.1, 0.15) is 11.3 Å². The van der Waals surface area contributed by atoms with Crippen LogP contribution in [0.3, 0.4) is 0 Å². The van der Waals surface area contributed by atoms with E-state index in [0.29, 0.717) is 0 Å². The normalized spacial score (nSPS) is 13.8. The van der Waals surface area contributed by atoms with Gasteiger partial charge in [-0.05, 0) is 172 Å². The zero-order valence-corrected chi connectivity index (χ0v) is 55.6. The molecular formula is C86H60BBrN8O2. The predicted octanol–water partition coefficient (Wildman–Crippen LogP) is 21.3. The summed E-state index contributed by atoms with van der Waals surface area (Å²) in [5.41, 5.74) is 20.0. The number of nitrogens with zero attached hydrogens (tertiary/aromatic N) is 8. The van der Waals surface area contributed by atoms with Crippen molar-refractivity contribution in [2.24, 2.45) is 0 Å². The van der Waals surface area contributed by atoms with Crippen molar-refractivity contribution in [3.8, 4) is 22.5 Å². The fourth-order valence-corrected chi connectivity index (χ4v) is 15.5. The van der Waals surface area contributed by atoms with Gasteiger partial charge >= 0.3 is 7.12 Å². The van der Waals surface area contributed by atoms with Crippen molar-refractivity contribution in [1.82, 2.24) is 37.9 Å². The zero-order valence-electron chi connectivity index (χ0n) is 54.1. The molecule has 1 aliphatic rings. The highest BCUT2D eigenvalue weighted by Crippen LogP contribution is 2.43. The van der Waals surface area contributed by atoms with E-state index in [0.717, 1.165) is 103 Å². The van der Waals surface area contributed by atoms with Gasteiger partial charge in [-0.15, -0.1) is 0 Å². The number of hydrogen-bond acceptors (Lipinski definition) is 6. The monoisotopic (exact) mass is 1330 g/mol. The highest BCUT2D eigenvalue weighted by Gasteiger charge is 2.52. The van der Waals surface area contributed by atoms with E-state index in [1.807, 2.05) is 36.7 Å². The molecule has 12 heteroatoms. The summed E-state index contributed by atoms with van der Waals surface area (Å²) in [4.78, 5) is 19.8. The lowest BCUT2D eigenvalue weighted by atomic mass is 9.78. The molecule has 21 rings (SSSR count). The van der Waals surface area contributed by atoms with Crippen LogP contribution in [0.1, 0.15) is 27.7 Å². The summed E-state index contributed by atoms with van der Waals surface area (Å²) in [6, 6.07) is 98.6. The molecule has 1 fully saturated rings. The largest absolute Gasteiger partial charge is 0.494 e. The number of benzene rings is 12. The van der Waals surface area contributed by atoms with Crippen LogP contribution >= 0.6 is 15.9 Å². The van der Waals surface area contributed by atoms with E-state index in [9.17, 15) is 0 Å². The lowest BCUT2D eigenvalue weighted by Gasteiger charge is -2.32. The molecule has 1 saturated heterocycles. The predicted molar refractivity (Wildman–Crippen MR) is 410 cm³/mol. The smallest absolute Gasteiger partial charge is 0.399 e. The molecule has 0 atom stereocenters. The van der Waals surface area contributed by atoms with Gasteiger partial charge < -0.3 is 18.4 Å². The highest BCUT2D eigenvalue weighted by atomic mass is 79.9. The van der Waals surface area contributed by atoms with E-state index < -0.39 is 18.3 Å². The van der Waals surface area contributed by atoms with Crippen LogP contribution in [0.2, 0.25) is 0 Å². The summed E-state index contributed by atoms with van der Waals surface area (Å²) in [5.74, 6) is 0. The van der Waals surface area contributed by atoms with Gasteiger partial charge in [0.15, 0.2) is 0 Å². The molecule has 0 spiro atoms. The fraction of sp³-hybridized carbons (Fsp3) is 0.0698. The summed E-state index contributed by atoms with van der Waals surface area (Å²) in [5, 5.41) is 14.1. The van der Waals surface area contributed by atoms with Crippen LogP contribution in [0.15, 0.2) is 296 Å². The average Bonchev–Trinajstić information content (AvgIpc) is 1.37.